The van der Waals surface area contributed by atoms with Crippen molar-refractivity contribution < 1.29 is 18.5 Å². The Hall–Kier alpha value is -4.40. The Balaban J connectivity index is 1.73. The number of halogens is 2. The van der Waals surface area contributed by atoms with Gasteiger partial charge >= 0.3 is 5.69 Å². The molecule has 0 fully saturated rings. The third-order valence-corrected chi connectivity index (χ3v) is 5.26. The molecule has 0 atom stereocenters. The fraction of sp³-hybridized carbons (Fsp3) is 0.120. The van der Waals surface area contributed by atoms with Gasteiger partial charge in [0.15, 0.2) is 0 Å². The summed E-state index contributed by atoms with van der Waals surface area (Å²) in [6.45, 7) is 2.01. The molecule has 0 bridgehead atoms. The molecule has 172 valence electrons. The van der Waals surface area contributed by atoms with Crippen molar-refractivity contribution in [2.45, 2.75) is 20.0 Å². The van der Waals surface area contributed by atoms with Crippen LogP contribution < -0.4 is 10.6 Å². The average Bonchev–Trinajstić information content (AvgIpc) is 2.82. The number of carbonyl (C=O) groups excluding carboxylic acids is 1. The normalized spacial score (nSPS) is 10.8. The zero-order valence-electron chi connectivity index (χ0n) is 18.1. The number of nitro groups is 1. The smallest absolute Gasteiger partial charge is 0.324 e. The molecule has 4 aromatic rings. The van der Waals surface area contributed by atoms with Crippen LogP contribution in [0.1, 0.15) is 27.0 Å². The van der Waals surface area contributed by atoms with E-state index in [2.05, 4.69) is 15.6 Å². The molecule has 2 N–H and O–H groups in total. The number of pyridine rings is 1. The Morgan fingerprint density at radius 1 is 0.941 bits per heavy atom. The van der Waals surface area contributed by atoms with Crippen LogP contribution in [0.4, 0.5) is 20.3 Å². The number of carbonyl (C=O) groups is 1. The first-order valence-corrected chi connectivity index (χ1v) is 10.4. The minimum absolute atomic E-state index is 0.0598. The van der Waals surface area contributed by atoms with Crippen molar-refractivity contribution in [3.63, 3.8) is 0 Å². The molecule has 0 radical (unpaired) electrons. The Kier molecular flexibility index (Phi) is 6.44. The number of nitrogens with zero attached hydrogens (tertiary/aromatic N) is 2. The van der Waals surface area contributed by atoms with Crippen LogP contribution in [-0.4, -0.2) is 15.8 Å². The second kappa shape index (κ2) is 9.62. The number of rotatable bonds is 7. The summed E-state index contributed by atoms with van der Waals surface area (Å²) in [5, 5.41) is 18.0. The predicted octanol–water partition coefficient (Wildman–Crippen LogP) is 5.27. The summed E-state index contributed by atoms with van der Waals surface area (Å²) >= 11 is 0. The summed E-state index contributed by atoms with van der Waals surface area (Å²) < 4.78 is 26.4. The standard InChI is InChI=1S/C25H20F2N4O3/c1-15-2-11-21-20(12-15)22(25(32)29-14-17-5-9-19(27)10-6-17)23(31(33)34)24(30-21)28-13-16-3-7-18(26)8-4-16/h2-12H,13-14H2,1H3,(H,28,30)(H,29,32). The number of nitrogens with one attached hydrogen (secondary N) is 2. The average molecular weight is 462 g/mol. The number of hydrogen-bond donors (Lipinski definition) is 2. The highest BCUT2D eigenvalue weighted by atomic mass is 19.1. The maximum atomic E-state index is 13.2. The lowest BCUT2D eigenvalue weighted by atomic mass is 10.0. The van der Waals surface area contributed by atoms with Gasteiger partial charge in [-0.15, -0.1) is 0 Å². The molecule has 0 spiro atoms. The maximum absolute atomic E-state index is 13.2. The van der Waals surface area contributed by atoms with Crippen molar-refractivity contribution in [3.8, 4) is 0 Å². The number of amides is 1. The largest absolute Gasteiger partial charge is 0.360 e. The van der Waals surface area contributed by atoms with E-state index >= 15 is 0 Å². The highest BCUT2D eigenvalue weighted by Crippen LogP contribution is 2.34. The summed E-state index contributed by atoms with van der Waals surface area (Å²) in [6, 6.07) is 16.4. The van der Waals surface area contributed by atoms with E-state index in [9.17, 15) is 23.7 Å². The van der Waals surface area contributed by atoms with Crippen molar-refractivity contribution >= 4 is 28.3 Å². The number of hydrogen-bond acceptors (Lipinski definition) is 5. The fourth-order valence-corrected chi connectivity index (χ4v) is 3.56. The van der Waals surface area contributed by atoms with Gasteiger partial charge in [0.2, 0.25) is 5.82 Å². The first-order chi connectivity index (χ1) is 16.3. The number of aromatic nitrogens is 1. The zero-order valence-corrected chi connectivity index (χ0v) is 18.1. The minimum Gasteiger partial charge on any atom is -0.360 e. The molecule has 9 heteroatoms. The fourth-order valence-electron chi connectivity index (χ4n) is 3.56. The van der Waals surface area contributed by atoms with Gasteiger partial charge < -0.3 is 10.6 Å². The molecule has 0 saturated heterocycles. The van der Waals surface area contributed by atoms with Crippen molar-refractivity contribution in [2.24, 2.45) is 0 Å². The summed E-state index contributed by atoms with van der Waals surface area (Å²) in [7, 11) is 0. The van der Waals surface area contributed by atoms with E-state index in [1.807, 2.05) is 6.92 Å². The van der Waals surface area contributed by atoms with E-state index in [-0.39, 0.29) is 24.5 Å². The number of fused-ring (bicyclic) bond motifs is 1. The lowest BCUT2D eigenvalue weighted by Crippen LogP contribution is -2.25. The third-order valence-electron chi connectivity index (χ3n) is 5.26. The topological polar surface area (TPSA) is 97.2 Å². The second-order valence-corrected chi connectivity index (χ2v) is 7.75. The molecular weight excluding hydrogens is 442 g/mol. The van der Waals surface area contributed by atoms with E-state index in [1.165, 1.54) is 36.4 Å². The van der Waals surface area contributed by atoms with Crippen molar-refractivity contribution in [2.75, 3.05) is 5.32 Å². The molecule has 4 rings (SSSR count). The maximum Gasteiger partial charge on any atom is 0.324 e. The van der Waals surface area contributed by atoms with Gasteiger partial charge in [0.25, 0.3) is 5.91 Å². The molecule has 3 aromatic carbocycles. The van der Waals surface area contributed by atoms with Crippen LogP contribution in [0.15, 0.2) is 66.7 Å². The van der Waals surface area contributed by atoms with Gasteiger partial charge in [-0.3, -0.25) is 14.9 Å². The lowest BCUT2D eigenvalue weighted by Gasteiger charge is -2.13. The predicted molar refractivity (Wildman–Crippen MR) is 124 cm³/mol. The number of benzene rings is 3. The van der Waals surface area contributed by atoms with Crippen LogP contribution in [0.2, 0.25) is 0 Å². The molecule has 0 saturated carbocycles. The summed E-state index contributed by atoms with van der Waals surface area (Å²) in [4.78, 5) is 29.1. The van der Waals surface area contributed by atoms with Crippen LogP contribution >= 0.6 is 0 Å². The molecule has 7 nitrogen and oxygen atoms in total. The van der Waals surface area contributed by atoms with Gasteiger partial charge in [0.05, 0.1) is 10.4 Å². The van der Waals surface area contributed by atoms with Crippen LogP contribution in [0, 0.1) is 28.7 Å². The molecule has 0 aliphatic rings. The molecule has 1 aromatic heterocycles. The number of aryl methyl sites for hydroxylation is 1. The molecular formula is C25H20F2N4O3. The van der Waals surface area contributed by atoms with Crippen LogP contribution in [0.5, 0.6) is 0 Å². The Morgan fingerprint density at radius 3 is 2.12 bits per heavy atom. The Morgan fingerprint density at radius 2 is 1.53 bits per heavy atom. The van der Waals surface area contributed by atoms with Crippen LogP contribution in [0.3, 0.4) is 0 Å². The van der Waals surface area contributed by atoms with E-state index in [0.29, 0.717) is 22.0 Å². The highest BCUT2D eigenvalue weighted by Gasteiger charge is 2.29. The van der Waals surface area contributed by atoms with Crippen LogP contribution in [-0.2, 0) is 13.1 Å². The SMILES string of the molecule is Cc1ccc2nc(NCc3ccc(F)cc3)c([N+](=O)[O-])c(C(=O)NCc3ccc(F)cc3)c2c1. The highest BCUT2D eigenvalue weighted by molar-refractivity contribution is 6.11. The summed E-state index contributed by atoms with van der Waals surface area (Å²) in [6.07, 6.45) is 0. The van der Waals surface area contributed by atoms with Crippen molar-refractivity contribution in [3.05, 3.63) is 111 Å². The van der Waals surface area contributed by atoms with Gasteiger partial charge in [0, 0.05) is 18.5 Å². The monoisotopic (exact) mass is 462 g/mol. The quantitative estimate of drug-likeness (QED) is 0.288. The van der Waals surface area contributed by atoms with E-state index in [1.54, 1.807) is 30.3 Å². The van der Waals surface area contributed by atoms with Gasteiger partial charge in [-0.05, 0) is 54.4 Å². The van der Waals surface area contributed by atoms with Gasteiger partial charge in [-0.1, -0.05) is 35.9 Å². The lowest BCUT2D eigenvalue weighted by molar-refractivity contribution is -0.384. The van der Waals surface area contributed by atoms with Crippen LogP contribution in [0.25, 0.3) is 10.9 Å². The molecule has 0 unspecified atom stereocenters. The Bertz CT molecular complexity index is 1370. The van der Waals surface area contributed by atoms with Crippen molar-refractivity contribution in [1.82, 2.24) is 10.3 Å². The van der Waals surface area contributed by atoms with E-state index in [4.69, 9.17) is 0 Å². The molecule has 34 heavy (non-hydrogen) atoms. The van der Waals surface area contributed by atoms with Gasteiger partial charge in [-0.2, -0.15) is 0 Å². The molecule has 0 aliphatic carbocycles. The first-order valence-electron chi connectivity index (χ1n) is 10.4. The van der Waals surface area contributed by atoms with Gasteiger partial charge in [0.1, 0.15) is 17.2 Å². The van der Waals surface area contributed by atoms with E-state index < -0.39 is 28.2 Å². The van der Waals surface area contributed by atoms with Crippen molar-refractivity contribution in [1.29, 1.82) is 0 Å². The summed E-state index contributed by atoms with van der Waals surface area (Å²) in [5.41, 5.74) is 1.96. The molecule has 1 heterocycles. The molecule has 0 aliphatic heterocycles. The van der Waals surface area contributed by atoms with E-state index in [0.717, 1.165) is 5.56 Å². The first kappa shape index (κ1) is 22.8. The number of anilines is 1. The Labute approximate surface area is 193 Å². The third kappa shape index (κ3) is 4.98. The zero-order chi connectivity index (χ0) is 24.2. The van der Waals surface area contributed by atoms with Gasteiger partial charge in [-0.25, -0.2) is 13.8 Å². The second-order valence-electron chi connectivity index (χ2n) is 7.75. The minimum atomic E-state index is -0.654. The molecule has 1 amide bonds. The summed E-state index contributed by atoms with van der Waals surface area (Å²) in [5.74, 6) is -1.52.